The van der Waals surface area contributed by atoms with Gasteiger partial charge in [-0.3, -0.25) is 9.59 Å². The van der Waals surface area contributed by atoms with Gasteiger partial charge in [-0.15, -0.1) is 0 Å². The summed E-state index contributed by atoms with van der Waals surface area (Å²) in [5, 5.41) is 0. The van der Waals surface area contributed by atoms with E-state index in [-0.39, 0.29) is 17.0 Å². The molecule has 2 nitrogen and oxygen atoms in total. The Hall–Kier alpha value is -1.96. The summed E-state index contributed by atoms with van der Waals surface area (Å²) >= 11 is 0. The molecular formula is C17H18O2. The molecule has 19 heavy (non-hydrogen) atoms. The zero-order chi connectivity index (χ0) is 13.9. The highest BCUT2D eigenvalue weighted by molar-refractivity contribution is 6.22. The smallest absolute Gasteiger partial charge is 0.166 e. The van der Waals surface area contributed by atoms with Crippen LogP contribution in [0.15, 0.2) is 48.1 Å². The Balaban J connectivity index is 2.14. The predicted molar refractivity (Wildman–Crippen MR) is 76.6 cm³/mol. The average Bonchev–Trinajstić information content (AvgIpc) is 2.32. The van der Waals surface area contributed by atoms with Crippen LogP contribution in [0.25, 0.3) is 6.08 Å². The highest BCUT2D eigenvalue weighted by Crippen LogP contribution is 2.33. The third-order valence-electron chi connectivity index (χ3n) is 3.23. The molecule has 0 heterocycles. The van der Waals surface area contributed by atoms with Crippen LogP contribution in [0.1, 0.15) is 32.3 Å². The molecule has 1 aliphatic carbocycles. The van der Waals surface area contributed by atoms with Gasteiger partial charge in [-0.1, -0.05) is 56.3 Å². The van der Waals surface area contributed by atoms with Crippen molar-refractivity contribution in [1.29, 1.82) is 0 Å². The zero-order valence-electron chi connectivity index (χ0n) is 11.3. The van der Waals surface area contributed by atoms with E-state index < -0.39 is 0 Å². The van der Waals surface area contributed by atoms with Gasteiger partial charge in [0.2, 0.25) is 0 Å². The Bertz CT molecular complexity index is 526. The van der Waals surface area contributed by atoms with E-state index in [9.17, 15) is 9.59 Å². The topological polar surface area (TPSA) is 34.1 Å². The van der Waals surface area contributed by atoms with Crippen molar-refractivity contribution in [1.82, 2.24) is 0 Å². The number of carbonyl (C=O) groups is 2. The summed E-state index contributed by atoms with van der Waals surface area (Å²) in [5.74, 6) is -0.0853. The van der Waals surface area contributed by atoms with Crippen LogP contribution in [-0.2, 0) is 9.59 Å². The van der Waals surface area contributed by atoms with E-state index >= 15 is 0 Å². The van der Waals surface area contributed by atoms with Crippen LogP contribution < -0.4 is 0 Å². The van der Waals surface area contributed by atoms with E-state index in [4.69, 9.17) is 0 Å². The molecule has 1 fully saturated rings. The minimum absolute atomic E-state index is 0.0426. The van der Waals surface area contributed by atoms with Crippen molar-refractivity contribution in [3.05, 3.63) is 53.6 Å². The number of allylic oxidation sites excluding steroid dienone is 3. The van der Waals surface area contributed by atoms with Crippen molar-refractivity contribution in [2.75, 3.05) is 0 Å². The van der Waals surface area contributed by atoms with Gasteiger partial charge in [-0.05, 0) is 17.1 Å². The molecule has 0 amide bonds. The second-order valence-corrected chi connectivity index (χ2v) is 5.71. The van der Waals surface area contributed by atoms with Gasteiger partial charge in [0.25, 0.3) is 0 Å². The van der Waals surface area contributed by atoms with Gasteiger partial charge >= 0.3 is 0 Å². The first-order valence-electron chi connectivity index (χ1n) is 6.48. The molecule has 2 rings (SSSR count). The highest BCUT2D eigenvalue weighted by atomic mass is 16.1. The number of rotatable bonds is 2. The number of ketones is 2. The molecule has 0 bridgehead atoms. The van der Waals surface area contributed by atoms with Gasteiger partial charge < -0.3 is 0 Å². The van der Waals surface area contributed by atoms with Crippen LogP contribution >= 0.6 is 0 Å². The van der Waals surface area contributed by atoms with Crippen LogP contribution in [0.3, 0.4) is 0 Å². The molecule has 0 spiro atoms. The van der Waals surface area contributed by atoms with E-state index in [1.807, 2.05) is 50.3 Å². The summed E-state index contributed by atoms with van der Waals surface area (Å²) in [7, 11) is 0. The minimum atomic E-state index is -0.200. The SMILES string of the molecule is CC1(C)CC(=O)C(=C/C=C/c2ccccc2)C(=O)C1. The molecule has 1 saturated carbocycles. The summed E-state index contributed by atoms with van der Waals surface area (Å²) in [4.78, 5) is 23.9. The predicted octanol–water partition coefficient (Wildman–Crippen LogP) is 3.58. The Morgan fingerprint density at radius 2 is 1.58 bits per heavy atom. The van der Waals surface area contributed by atoms with Crippen molar-refractivity contribution < 1.29 is 9.59 Å². The molecule has 98 valence electrons. The fourth-order valence-electron chi connectivity index (χ4n) is 2.28. The lowest BCUT2D eigenvalue weighted by molar-refractivity contribution is -0.127. The molecule has 0 unspecified atom stereocenters. The molecule has 2 heteroatoms. The average molecular weight is 254 g/mol. The third kappa shape index (κ3) is 3.50. The summed E-state index contributed by atoms with van der Waals surface area (Å²) in [6.45, 7) is 3.92. The Morgan fingerprint density at radius 1 is 1.00 bits per heavy atom. The molecule has 0 aromatic heterocycles. The molecule has 1 aromatic carbocycles. The lowest BCUT2D eigenvalue weighted by atomic mass is 9.74. The van der Waals surface area contributed by atoms with E-state index in [1.165, 1.54) is 0 Å². The maximum Gasteiger partial charge on any atom is 0.166 e. The standard InChI is InChI=1S/C17H18O2/c1-17(2)11-15(18)14(16(19)12-17)10-6-9-13-7-4-3-5-8-13/h3-10H,11-12H2,1-2H3/b9-6+. The summed E-state index contributed by atoms with van der Waals surface area (Å²) in [6, 6.07) is 9.80. The van der Waals surface area contributed by atoms with Gasteiger partial charge in [0, 0.05) is 12.8 Å². The fraction of sp³-hybridized carbons (Fsp3) is 0.294. The van der Waals surface area contributed by atoms with Crippen molar-refractivity contribution in [3.63, 3.8) is 0 Å². The van der Waals surface area contributed by atoms with Crippen molar-refractivity contribution in [3.8, 4) is 0 Å². The molecular weight excluding hydrogens is 236 g/mol. The van der Waals surface area contributed by atoms with Crippen LogP contribution in [0, 0.1) is 5.41 Å². The second kappa shape index (κ2) is 5.35. The molecule has 1 aromatic rings. The quantitative estimate of drug-likeness (QED) is 0.597. The fourth-order valence-corrected chi connectivity index (χ4v) is 2.28. The van der Waals surface area contributed by atoms with E-state index in [0.717, 1.165) is 5.56 Å². The van der Waals surface area contributed by atoms with Gasteiger partial charge in [0.15, 0.2) is 11.6 Å². The van der Waals surface area contributed by atoms with Crippen LogP contribution in [0.5, 0.6) is 0 Å². The van der Waals surface area contributed by atoms with Crippen LogP contribution in [-0.4, -0.2) is 11.6 Å². The van der Waals surface area contributed by atoms with Crippen molar-refractivity contribution in [2.24, 2.45) is 5.41 Å². The molecule has 0 atom stereocenters. The molecule has 0 radical (unpaired) electrons. The summed E-state index contributed by atoms with van der Waals surface area (Å²) in [6.07, 6.45) is 6.21. The van der Waals surface area contributed by atoms with Crippen molar-refractivity contribution in [2.45, 2.75) is 26.7 Å². The normalized spacial score (nSPS) is 18.9. The van der Waals surface area contributed by atoms with Crippen LogP contribution in [0.4, 0.5) is 0 Å². The van der Waals surface area contributed by atoms with Crippen LogP contribution in [0.2, 0.25) is 0 Å². The number of hydrogen-bond acceptors (Lipinski definition) is 2. The zero-order valence-corrected chi connectivity index (χ0v) is 11.3. The Labute approximate surface area is 113 Å². The molecule has 0 N–H and O–H groups in total. The van der Waals surface area contributed by atoms with Gasteiger partial charge in [0.1, 0.15) is 0 Å². The first kappa shape index (κ1) is 13.5. The largest absolute Gasteiger partial charge is 0.294 e. The maximum atomic E-state index is 11.9. The van der Waals surface area contributed by atoms with E-state index in [1.54, 1.807) is 12.2 Å². The summed E-state index contributed by atoms with van der Waals surface area (Å²) in [5.41, 5.74) is 1.19. The van der Waals surface area contributed by atoms with E-state index in [0.29, 0.717) is 18.4 Å². The lowest BCUT2D eigenvalue weighted by Gasteiger charge is -2.28. The van der Waals surface area contributed by atoms with Gasteiger partial charge in [0.05, 0.1) is 5.57 Å². The molecule has 0 saturated heterocycles. The maximum absolute atomic E-state index is 11.9. The minimum Gasteiger partial charge on any atom is -0.294 e. The number of hydrogen-bond donors (Lipinski definition) is 0. The number of Topliss-reactive ketones (excluding diaryl/α,β-unsaturated/α-hetero) is 2. The number of carbonyl (C=O) groups excluding carboxylic acids is 2. The lowest BCUT2D eigenvalue weighted by Crippen LogP contribution is -2.31. The first-order chi connectivity index (χ1) is 8.98. The third-order valence-corrected chi connectivity index (χ3v) is 3.23. The Kier molecular flexibility index (Phi) is 3.79. The molecule has 0 aliphatic heterocycles. The monoisotopic (exact) mass is 254 g/mol. The van der Waals surface area contributed by atoms with Crippen molar-refractivity contribution >= 4 is 17.6 Å². The second-order valence-electron chi connectivity index (χ2n) is 5.71. The number of benzene rings is 1. The highest BCUT2D eigenvalue weighted by Gasteiger charge is 2.34. The van der Waals surface area contributed by atoms with Gasteiger partial charge in [-0.2, -0.15) is 0 Å². The van der Waals surface area contributed by atoms with E-state index in [2.05, 4.69) is 0 Å². The van der Waals surface area contributed by atoms with Gasteiger partial charge in [-0.25, -0.2) is 0 Å². The first-order valence-corrected chi connectivity index (χ1v) is 6.48. The molecule has 1 aliphatic rings. The Morgan fingerprint density at radius 3 is 2.16 bits per heavy atom. The summed E-state index contributed by atoms with van der Waals surface area (Å²) < 4.78 is 0.